The van der Waals surface area contributed by atoms with Crippen molar-refractivity contribution in [3.05, 3.63) is 12.2 Å². The van der Waals surface area contributed by atoms with Gasteiger partial charge in [0.2, 0.25) is 0 Å². The second-order valence-electron chi connectivity index (χ2n) is 2.58. The molecule has 0 atom stereocenters. The Morgan fingerprint density at radius 1 is 1.36 bits per heavy atom. The summed E-state index contributed by atoms with van der Waals surface area (Å²) in [4.78, 5) is 9.60. The minimum absolute atomic E-state index is 0.176. The molecule has 0 saturated carbocycles. The maximum absolute atomic E-state index is 9.60. The van der Waals surface area contributed by atoms with Gasteiger partial charge >= 0.3 is 5.97 Å². The number of hydrogen-bond acceptors (Lipinski definition) is 3. The van der Waals surface area contributed by atoms with Crippen LogP contribution >= 0.6 is 0 Å². The van der Waals surface area contributed by atoms with Crippen molar-refractivity contribution in [3.8, 4) is 0 Å². The quantitative estimate of drug-likeness (QED) is 0.384. The summed E-state index contributed by atoms with van der Waals surface area (Å²) in [6.07, 6.45) is 0. The van der Waals surface area contributed by atoms with Gasteiger partial charge in [0.15, 0.2) is 5.79 Å². The van der Waals surface area contributed by atoms with Crippen LogP contribution in [0.4, 0.5) is 0 Å². The molecule has 0 spiro atoms. The van der Waals surface area contributed by atoms with E-state index in [9.17, 15) is 4.79 Å². The van der Waals surface area contributed by atoms with Crippen molar-refractivity contribution in [3.63, 3.8) is 0 Å². The molecule has 0 bridgehead atoms. The summed E-state index contributed by atoms with van der Waals surface area (Å²) >= 11 is 0. The normalized spacial score (nSPS) is 9.55. The average Bonchev–Trinajstić information content (AvgIpc) is 1.59. The molecule has 0 aliphatic heterocycles. The predicted molar refractivity (Wildman–Crippen MR) is 41.0 cm³/mol. The smallest absolute Gasteiger partial charge is 0.330 e. The van der Waals surface area contributed by atoms with Crippen molar-refractivity contribution < 1.29 is 20.1 Å². The predicted octanol–water partition coefficient (Wildman–Crippen LogP) is 0.354. The van der Waals surface area contributed by atoms with Crippen LogP contribution in [0.1, 0.15) is 20.8 Å². The number of rotatable bonds is 1. The molecule has 0 rings (SSSR count). The first-order valence-corrected chi connectivity index (χ1v) is 2.98. The third-order valence-electron chi connectivity index (χ3n) is 0.365. The van der Waals surface area contributed by atoms with E-state index in [0.29, 0.717) is 0 Å². The van der Waals surface area contributed by atoms with Crippen LogP contribution in [0.25, 0.3) is 0 Å². The molecular formula is C7H14O4. The summed E-state index contributed by atoms with van der Waals surface area (Å²) in [5, 5.41) is 24.0. The number of aliphatic hydroxyl groups is 2. The topological polar surface area (TPSA) is 77.8 Å². The van der Waals surface area contributed by atoms with Crippen LogP contribution in [0.15, 0.2) is 12.2 Å². The van der Waals surface area contributed by atoms with E-state index in [-0.39, 0.29) is 5.57 Å². The van der Waals surface area contributed by atoms with Crippen LogP contribution in [0, 0.1) is 0 Å². The van der Waals surface area contributed by atoms with E-state index < -0.39 is 11.8 Å². The zero-order valence-electron chi connectivity index (χ0n) is 6.96. The fourth-order valence-electron chi connectivity index (χ4n) is 0. The molecule has 66 valence electrons. The van der Waals surface area contributed by atoms with Gasteiger partial charge in [-0.2, -0.15) is 0 Å². The first-order chi connectivity index (χ1) is 4.64. The van der Waals surface area contributed by atoms with Gasteiger partial charge in [-0.05, 0) is 20.8 Å². The fourth-order valence-corrected chi connectivity index (χ4v) is 0. The standard InChI is InChI=1S/C4H6O2.C3H8O2/c1-3(2)4(5)6;1-3(2,4)5/h1H2,2H3,(H,5,6);4-5H,1-2H3. The molecule has 0 aromatic heterocycles. The fraction of sp³-hybridized carbons (Fsp3) is 0.571. The number of carbonyl (C=O) groups is 1. The molecule has 4 heteroatoms. The van der Waals surface area contributed by atoms with E-state index in [1.54, 1.807) is 0 Å². The SMILES string of the molecule is C=C(C)C(=O)O.CC(C)(O)O. The Morgan fingerprint density at radius 3 is 1.45 bits per heavy atom. The van der Waals surface area contributed by atoms with Crippen molar-refractivity contribution in [2.45, 2.75) is 26.6 Å². The molecule has 0 amide bonds. The van der Waals surface area contributed by atoms with Gasteiger partial charge in [-0.15, -0.1) is 0 Å². The van der Waals surface area contributed by atoms with Gasteiger partial charge in [0, 0.05) is 5.57 Å². The molecule has 0 aliphatic carbocycles. The Hall–Kier alpha value is -0.870. The minimum Gasteiger partial charge on any atom is -0.478 e. The molecule has 0 fully saturated rings. The van der Waals surface area contributed by atoms with E-state index in [1.165, 1.54) is 20.8 Å². The van der Waals surface area contributed by atoms with Gasteiger partial charge in [0.25, 0.3) is 0 Å². The Morgan fingerprint density at radius 2 is 1.45 bits per heavy atom. The van der Waals surface area contributed by atoms with Crippen LogP contribution in [-0.4, -0.2) is 27.1 Å². The molecule has 11 heavy (non-hydrogen) atoms. The van der Waals surface area contributed by atoms with E-state index >= 15 is 0 Å². The lowest BCUT2D eigenvalue weighted by atomic mass is 10.4. The van der Waals surface area contributed by atoms with Crippen molar-refractivity contribution in [1.82, 2.24) is 0 Å². The molecule has 0 aromatic rings. The monoisotopic (exact) mass is 162 g/mol. The first-order valence-electron chi connectivity index (χ1n) is 2.98. The summed E-state index contributed by atoms with van der Waals surface area (Å²) in [5.41, 5.74) is 0.176. The van der Waals surface area contributed by atoms with Crippen LogP contribution < -0.4 is 0 Å². The highest BCUT2D eigenvalue weighted by molar-refractivity contribution is 5.84. The maximum atomic E-state index is 9.60. The molecule has 0 aliphatic rings. The van der Waals surface area contributed by atoms with Crippen molar-refractivity contribution in [2.75, 3.05) is 0 Å². The highest BCUT2D eigenvalue weighted by Gasteiger charge is 2.00. The molecule has 0 aromatic carbocycles. The molecule has 0 saturated heterocycles. The van der Waals surface area contributed by atoms with Crippen LogP contribution in [0.5, 0.6) is 0 Å². The summed E-state index contributed by atoms with van der Waals surface area (Å²) < 4.78 is 0. The van der Waals surface area contributed by atoms with Gasteiger partial charge in [0.05, 0.1) is 0 Å². The number of hydrogen-bond donors (Lipinski definition) is 3. The number of aliphatic carboxylic acids is 1. The molecular weight excluding hydrogens is 148 g/mol. The third kappa shape index (κ3) is 47.4. The lowest BCUT2D eigenvalue weighted by molar-refractivity contribution is -0.132. The van der Waals surface area contributed by atoms with Crippen molar-refractivity contribution >= 4 is 5.97 Å². The molecule has 0 radical (unpaired) electrons. The Labute approximate surface area is 65.8 Å². The molecule has 4 nitrogen and oxygen atoms in total. The average molecular weight is 162 g/mol. The summed E-state index contributed by atoms with van der Waals surface area (Å²) in [7, 11) is 0. The number of carboxylic acid groups (broad SMARTS) is 1. The third-order valence-corrected chi connectivity index (χ3v) is 0.365. The van der Waals surface area contributed by atoms with Crippen LogP contribution in [0.3, 0.4) is 0 Å². The van der Waals surface area contributed by atoms with Gasteiger partial charge in [0.1, 0.15) is 0 Å². The zero-order valence-corrected chi connectivity index (χ0v) is 6.96. The first kappa shape index (κ1) is 12.8. The van der Waals surface area contributed by atoms with Crippen molar-refractivity contribution in [2.24, 2.45) is 0 Å². The largest absolute Gasteiger partial charge is 0.478 e. The Balaban J connectivity index is 0. The van der Waals surface area contributed by atoms with Gasteiger partial charge in [-0.1, -0.05) is 6.58 Å². The highest BCUT2D eigenvalue weighted by atomic mass is 16.5. The molecule has 3 N–H and O–H groups in total. The van der Waals surface area contributed by atoms with E-state index in [2.05, 4.69) is 6.58 Å². The van der Waals surface area contributed by atoms with Crippen LogP contribution in [0.2, 0.25) is 0 Å². The Bertz CT molecular complexity index is 125. The summed E-state index contributed by atoms with van der Waals surface area (Å²) in [6.45, 7) is 7.20. The minimum atomic E-state index is -1.50. The summed E-state index contributed by atoms with van der Waals surface area (Å²) in [5.74, 6) is -2.44. The van der Waals surface area contributed by atoms with E-state index in [4.69, 9.17) is 15.3 Å². The summed E-state index contributed by atoms with van der Waals surface area (Å²) in [6, 6.07) is 0. The second-order valence-corrected chi connectivity index (χ2v) is 2.58. The molecule has 0 heterocycles. The van der Waals surface area contributed by atoms with E-state index in [0.717, 1.165) is 0 Å². The van der Waals surface area contributed by atoms with Crippen LogP contribution in [-0.2, 0) is 4.79 Å². The Kier molecular flexibility index (Phi) is 5.66. The number of carboxylic acids is 1. The van der Waals surface area contributed by atoms with Crippen molar-refractivity contribution in [1.29, 1.82) is 0 Å². The molecule has 0 unspecified atom stereocenters. The highest BCUT2D eigenvalue weighted by Crippen LogP contribution is 1.88. The van der Waals surface area contributed by atoms with Gasteiger partial charge in [-0.25, -0.2) is 4.79 Å². The second kappa shape index (κ2) is 4.87. The van der Waals surface area contributed by atoms with E-state index in [1.807, 2.05) is 0 Å². The van der Waals surface area contributed by atoms with Gasteiger partial charge in [-0.3, -0.25) is 0 Å². The van der Waals surface area contributed by atoms with Gasteiger partial charge < -0.3 is 15.3 Å². The zero-order chi connectivity index (χ0) is 9.65. The lowest BCUT2D eigenvalue weighted by Crippen LogP contribution is -2.15. The maximum Gasteiger partial charge on any atom is 0.330 e. The lowest BCUT2D eigenvalue weighted by Gasteiger charge is -2.03.